The number of amides is 1. The topological polar surface area (TPSA) is 46.6 Å². The number of carbonyl (C=O) groups is 2. The van der Waals surface area contributed by atoms with Gasteiger partial charge in [-0.3, -0.25) is 14.4 Å². The normalized spacial score (nSPS) is 10.0. The van der Waals surface area contributed by atoms with Crippen LogP contribution in [0.3, 0.4) is 0 Å². The Morgan fingerprint density at radius 1 is 1.08 bits per heavy atom. The summed E-state index contributed by atoms with van der Waals surface area (Å²) in [7, 11) is 2.75. The molecule has 0 atom stereocenters. The van der Waals surface area contributed by atoms with Gasteiger partial charge in [0, 0.05) is 12.6 Å². The van der Waals surface area contributed by atoms with E-state index in [2.05, 4.69) is 36.7 Å². The molecule has 0 spiro atoms. The van der Waals surface area contributed by atoms with Crippen LogP contribution in [0.4, 0.5) is 8.78 Å². The fourth-order valence-electron chi connectivity index (χ4n) is 1.58. The summed E-state index contributed by atoms with van der Waals surface area (Å²) in [5.74, 6) is -1.77. The van der Waals surface area contributed by atoms with Crippen LogP contribution in [0.25, 0.3) is 0 Å². The molecule has 0 saturated carbocycles. The van der Waals surface area contributed by atoms with E-state index in [0.717, 1.165) is 5.06 Å². The molecular weight excluding hydrogens is 523 g/mol. The molecule has 2 aromatic rings. The minimum atomic E-state index is -0.660. The lowest BCUT2D eigenvalue weighted by Crippen LogP contribution is -2.25. The number of aldehydes is 1. The number of carbonyl (C=O) groups excluding carboxylic acids is 2. The van der Waals surface area contributed by atoms with Gasteiger partial charge in [0.25, 0.3) is 5.91 Å². The van der Waals surface area contributed by atoms with E-state index in [1.54, 1.807) is 0 Å². The molecule has 2 rings (SSSR count). The van der Waals surface area contributed by atoms with Crippen molar-refractivity contribution in [3.8, 4) is 0 Å². The van der Waals surface area contributed by atoms with Gasteiger partial charge >= 0.3 is 0 Å². The van der Waals surface area contributed by atoms with Gasteiger partial charge in [0.15, 0.2) is 17.9 Å². The summed E-state index contributed by atoms with van der Waals surface area (Å²) < 4.78 is 26.6. The first kappa shape index (κ1) is 23.0. The Hall–Kier alpha value is -1.06. The maximum atomic E-state index is 13.3. The highest BCUT2D eigenvalue weighted by atomic mass is 79.9. The second kappa shape index (κ2) is 10.3. The van der Waals surface area contributed by atoms with E-state index >= 15 is 0 Å². The van der Waals surface area contributed by atoms with E-state index in [1.807, 2.05) is 0 Å². The van der Waals surface area contributed by atoms with Crippen LogP contribution in [0.2, 0.25) is 10.0 Å². The minimum Gasteiger partial charge on any atom is -0.298 e. The molecular formula is C16H11Br2Cl2F2NO3. The van der Waals surface area contributed by atoms with Gasteiger partial charge in [-0.1, -0.05) is 23.2 Å². The van der Waals surface area contributed by atoms with Crippen molar-refractivity contribution < 1.29 is 23.2 Å². The molecule has 10 heteroatoms. The Kier molecular flexibility index (Phi) is 9.12. The van der Waals surface area contributed by atoms with Gasteiger partial charge in [-0.15, -0.1) is 0 Å². The zero-order valence-corrected chi connectivity index (χ0v) is 18.0. The lowest BCUT2D eigenvalue weighted by molar-refractivity contribution is -0.0757. The molecule has 2 aromatic carbocycles. The third kappa shape index (κ3) is 5.47. The Morgan fingerprint density at radius 3 is 2.08 bits per heavy atom. The molecule has 0 bridgehead atoms. The second-order valence-electron chi connectivity index (χ2n) is 4.59. The highest BCUT2D eigenvalue weighted by molar-refractivity contribution is 9.10. The molecule has 4 nitrogen and oxygen atoms in total. The Labute approximate surface area is 175 Å². The van der Waals surface area contributed by atoms with Crippen LogP contribution >= 0.6 is 55.1 Å². The van der Waals surface area contributed by atoms with Crippen LogP contribution in [0, 0.1) is 11.6 Å². The summed E-state index contributed by atoms with van der Waals surface area (Å²) in [5, 5.41) is 0.599. The number of hydrogen-bond donors (Lipinski definition) is 0. The van der Waals surface area contributed by atoms with E-state index < -0.39 is 17.5 Å². The van der Waals surface area contributed by atoms with Gasteiger partial charge in [-0.25, -0.2) is 13.8 Å². The maximum absolute atomic E-state index is 13.3. The summed E-state index contributed by atoms with van der Waals surface area (Å²) in [5.41, 5.74) is 0.217. The van der Waals surface area contributed by atoms with E-state index in [4.69, 9.17) is 23.2 Å². The number of halogens is 6. The molecule has 0 heterocycles. The minimum absolute atomic E-state index is 0.0571. The first-order chi connectivity index (χ1) is 12.1. The smallest absolute Gasteiger partial charge is 0.278 e. The summed E-state index contributed by atoms with van der Waals surface area (Å²) in [4.78, 5) is 26.5. The van der Waals surface area contributed by atoms with Gasteiger partial charge in [0.1, 0.15) is 0 Å². The van der Waals surface area contributed by atoms with Crippen molar-refractivity contribution in [2.75, 3.05) is 14.2 Å². The van der Waals surface area contributed by atoms with Crippen molar-refractivity contribution in [3.63, 3.8) is 0 Å². The number of nitrogens with zero attached hydrogens (tertiary/aromatic N) is 1. The highest BCUT2D eigenvalue weighted by Gasteiger charge is 2.19. The van der Waals surface area contributed by atoms with Gasteiger partial charge in [-0.2, -0.15) is 0 Å². The molecule has 0 aliphatic carbocycles. The zero-order valence-electron chi connectivity index (χ0n) is 13.3. The van der Waals surface area contributed by atoms with Crippen molar-refractivity contribution in [3.05, 3.63) is 66.0 Å². The molecule has 0 aliphatic heterocycles. The highest BCUT2D eigenvalue weighted by Crippen LogP contribution is 2.27. The molecule has 0 fully saturated rings. The molecule has 0 aliphatic rings. The SMILES string of the molecule is CON(C)C(=O)c1ccc(Br)c(F)c1Cl.O=Cc1ccc(Br)c(F)c1Cl. The Bertz CT molecular complexity index is 838. The largest absolute Gasteiger partial charge is 0.298 e. The van der Waals surface area contributed by atoms with Gasteiger partial charge in [-0.05, 0) is 56.1 Å². The second-order valence-corrected chi connectivity index (χ2v) is 7.06. The van der Waals surface area contributed by atoms with Crippen molar-refractivity contribution in [2.45, 2.75) is 0 Å². The maximum Gasteiger partial charge on any atom is 0.278 e. The van der Waals surface area contributed by atoms with Crippen LogP contribution in [-0.2, 0) is 4.84 Å². The summed E-state index contributed by atoms with van der Waals surface area (Å²) in [6.45, 7) is 0. The third-order valence-electron chi connectivity index (χ3n) is 3.02. The van der Waals surface area contributed by atoms with E-state index in [0.29, 0.717) is 6.29 Å². The van der Waals surface area contributed by atoms with Crippen LogP contribution < -0.4 is 0 Å². The molecule has 26 heavy (non-hydrogen) atoms. The summed E-state index contributed by atoms with van der Waals surface area (Å²) in [6.07, 6.45) is 0.512. The van der Waals surface area contributed by atoms with Crippen molar-refractivity contribution >= 4 is 67.3 Å². The number of hydroxylamine groups is 2. The van der Waals surface area contributed by atoms with E-state index in [1.165, 1.54) is 38.4 Å². The molecule has 0 unspecified atom stereocenters. The van der Waals surface area contributed by atoms with Crippen LogP contribution in [0.1, 0.15) is 20.7 Å². The first-order valence-electron chi connectivity index (χ1n) is 6.70. The fourth-order valence-corrected chi connectivity index (χ4v) is 2.92. The number of hydrogen-bond acceptors (Lipinski definition) is 3. The standard InChI is InChI=1S/C9H8BrClFNO2.C7H3BrClFO/c1-13(15-2)9(14)5-3-4-6(10)8(12)7(5)11;8-5-2-1-4(3-11)6(9)7(5)10/h3-4H,1-2H3;1-3H. The van der Waals surface area contributed by atoms with Gasteiger partial charge in [0.2, 0.25) is 0 Å². The van der Waals surface area contributed by atoms with Gasteiger partial charge in [0.05, 0.1) is 31.7 Å². The third-order valence-corrected chi connectivity index (χ3v) is 5.00. The number of benzene rings is 2. The fraction of sp³-hybridized carbons (Fsp3) is 0.125. The van der Waals surface area contributed by atoms with E-state index in [-0.39, 0.29) is 30.1 Å². The Morgan fingerprint density at radius 2 is 1.58 bits per heavy atom. The quantitative estimate of drug-likeness (QED) is 0.279. The van der Waals surface area contributed by atoms with Crippen LogP contribution in [0.15, 0.2) is 33.2 Å². The average molecular weight is 534 g/mol. The molecule has 0 N–H and O–H groups in total. The number of rotatable bonds is 3. The van der Waals surface area contributed by atoms with Crippen molar-refractivity contribution in [2.24, 2.45) is 0 Å². The first-order valence-corrected chi connectivity index (χ1v) is 9.04. The lowest BCUT2D eigenvalue weighted by Gasteiger charge is -2.14. The Balaban J connectivity index is 0.000000273. The van der Waals surface area contributed by atoms with Crippen LogP contribution in [-0.4, -0.2) is 31.4 Å². The molecule has 1 amide bonds. The summed E-state index contributed by atoms with van der Waals surface area (Å²) in [6, 6.07) is 5.72. The average Bonchev–Trinajstić information content (AvgIpc) is 2.64. The monoisotopic (exact) mass is 531 g/mol. The predicted molar refractivity (Wildman–Crippen MR) is 103 cm³/mol. The van der Waals surface area contributed by atoms with Crippen molar-refractivity contribution in [1.29, 1.82) is 0 Å². The summed E-state index contributed by atoms with van der Waals surface area (Å²) >= 11 is 17.1. The van der Waals surface area contributed by atoms with Crippen LogP contribution in [0.5, 0.6) is 0 Å². The lowest BCUT2D eigenvalue weighted by atomic mass is 10.2. The predicted octanol–water partition coefficient (Wildman–Crippen LogP) is 5.93. The molecule has 0 aromatic heterocycles. The molecule has 0 saturated heterocycles. The van der Waals surface area contributed by atoms with E-state index in [9.17, 15) is 18.4 Å². The molecule has 140 valence electrons. The van der Waals surface area contributed by atoms with Crippen molar-refractivity contribution in [1.82, 2.24) is 5.06 Å². The zero-order chi connectivity index (χ0) is 20.0. The van der Waals surface area contributed by atoms with Gasteiger partial charge < -0.3 is 0 Å². The molecule has 0 radical (unpaired) electrons.